The molecule has 0 saturated heterocycles. The molecular formula is C23H28ClN3O5. The minimum Gasteiger partial charge on any atom is -0.496 e. The van der Waals surface area contributed by atoms with E-state index in [4.69, 9.17) is 21.1 Å². The van der Waals surface area contributed by atoms with E-state index in [0.717, 1.165) is 5.56 Å². The third-order valence-electron chi connectivity index (χ3n) is 4.12. The molecule has 0 radical (unpaired) electrons. The zero-order valence-corrected chi connectivity index (χ0v) is 19.3. The molecule has 9 heteroatoms. The molecule has 32 heavy (non-hydrogen) atoms. The molecule has 3 N–H and O–H groups in total. The molecule has 0 bridgehead atoms. The molecule has 172 valence electrons. The van der Waals surface area contributed by atoms with Gasteiger partial charge in [-0.3, -0.25) is 9.59 Å². The number of ether oxygens (including phenoxy) is 2. The van der Waals surface area contributed by atoms with Crippen LogP contribution in [-0.4, -0.2) is 37.2 Å². The lowest BCUT2D eigenvalue weighted by molar-refractivity contribution is -0.116. The molecular weight excluding hydrogens is 434 g/mol. The van der Waals surface area contributed by atoms with Gasteiger partial charge in [-0.2, -0.15) is 0 Å². The van der Waals surface area contributed by atoms with Crippen LogP contribution in [0.1, 0.15) is 43.1 Å². The third-order valence-corrected chi connectivity index (χ3v) is 4.35. The van der Waals surface area contributed by atoms with E-state index in [1.54, 1.807) is 63.2 Å². The smallest absolute Gasteiger partial charge is 0.407 e. The number of benzene rings is 2. The molecule has 0 aromatic heterocycles. The van der Waals surface area contributed by atoms with Gasteiger partial charge in [-0.25, -0.2) is 4.79 Å². The van der Waals surface area contributed by atoms with Crippen molar-refractivity contribution in [3.05, 3.63) is 58.6 Å². The van der Waals surface area contributed by atoms with Gasteiger partial charge in [-0.05, 0) is 56.7 Å². The molecule has 0 unspecified atom stereocenters. The van der Waals surface area contributed by atoms with Crippen LogP contribution in [0, 0.1) is 0 Å². The highest BCUT2D eigenvalue weighted by molar-refractivity contribution is 6.31. The summed E-state index contributed by atoms with van der Waals surface area (Å²) >= 11 is 5.97. The number of alkyl carbamates (subject to hydrolysis) is 1. The Bertz CT molecular complexity index is 955. The van der Waals surface area contributed by atoms with Gasteiger partial charge in [-0.15, -0.1) is 0 Å². The third kappa shape index (κ3) is 8.47. The average Bonchev–Trinajstić information content (AvgIpc) is 2.71. The Morgan fingerprint density at radius 1 is 1.00 bits per heavy atom. The van der Waals surface area contributed by atoms with Gasteiger partial charge < -0.3 is 25.4 Å². The number of hydrogen-bond acceptors (Lipinski definition) is 5. The summed E-state index contributed by atoms with van der Waals surface area (Å²) in [5.74, 6) is -0.111. The van der Waals surface area contributed by atoms with Gasteiger partial charge in [0.05, 0.1) is 12.7 Å². The van der Waals surface area contributed by atoms with Crippen molar-refractivity contribution in [3.63, 3.8) is 0 Å². The van der Waals surface area contributed by atoms with Crippen molar-refractivity contribution in [3.8, 4) is 5.75 Å². The van der Waals surface area contributed by atoms with Gasteiger partial charge in [-0.1, -0.05) is 23.7 Å². The first-order chi connectivity index (χ1) is 15.1. The van der Waals surface area contributed by atoms with E-state index in [1.165, 1.54) is 7.11 Å². The number of nitrogens with one attached hydrogen (secondary N) is 3. The number of methoxy groups -OCH3 is 1. The standard InChI is InChI=1S/C23H28ClN3O5/c1-23(2,3)32-22(30)25-12-11-20(28)27-17-8-5-15(6-9-17)14-26-21(29)18-13-16(24)7-10-19(18)31-4/h5-10,13H,11-12,14H2,1-4H3,(H,25,30)(H,26,29)(H,27,28). The minimum atomic E-state index is -0.590. The second-order valence-electron chi connectivity index (χ2n) is 7.95. The first kappa shape index (κ1) is 25.0. The Morgan fingerprint density at radius 2 is 1.69 bits per heavy atom. The van der Waals surface area contributed by atoms with E-state index in [9.17, 15) is 14.4 Å². The normalized spacial score (nSPS) is 10.8. The molecule has 0 spiro atoms. The van der Waals surface area contributed by atoms with E-state index in [1.807, 2.05) is 0 Å². The highest BCUT2D eigenvalue weighted by atomic mass is 35.5. The van der Waals surface area contributed by atoms with E-state index in [2.05, 4.69) is 16.0 Å². The van der Waals surface area contributed by atoms with Crippen molar-refractivity contribution in [2.24, 2.45) is 0 Å². The molecule has 0 aliphatic heterocycles. The number of carbonyl (C=O) groups excluding carboxylic acids is 3. The summed E-state index contributed by atoms with van der Waals surface area (Å²) in [6.45, 7) is 5.76. The lowest BCUT2D eigenvalue weighted by Crippen LogP contribution is -2.34. The second kappa shape index (κ2) is 11.4. The van der Waals surface area contributed by atoms with Crippen molar-refractivity contribution < 1.29 is 23.9 Å². The van der Waals surface area contributed by atoms with Crippen LogP contribution in [0.15, 0.2) is 42.5 Å². The number of amides is 3. The van der Waals surface area contributed by atoms with Crippen LogP contribution in [0.2, 0.25) is 5.02 Å². The maximum atomic E-state index is 12.4. The molecule has 0 atom stereocenters. The van der Waals surface area contributed by atoms with Crippen molar-refractivity contribution >= 4 is 35.2 Å². The topological polar surface area (TPSA) is 106 Å². The fourth-order valence-corrected chi connectivity index (χ4v) is 2.83. The summed E-state index contributed by atoms with van der Waals surface area (Å²) in [6, 6.07) is 11.9. The largest absolute Gasteiger partial charge is 0.496 e. The molecule has 2 aromatic carbocycles. The summed E-state index contributed by atoms with van der Waals surface area (Å²) in [4.78, 5) is 36.1. The van der Waals surface area contributed by atoms with E-state index >= 15 is 0 Å². The van der Waals surface area contributed by atoms with Gasteiger partial charge in [0.2, 0.25) is 5.91 Å². The number of hydrogen-bond donors (Lipinski definition) is 3. The van der Waals surface area contributed by atoms with Crippen molar-refractivity contribution in [1.29, 1.82) is 0 Å². The van der Waals surface area contributed by atoms with Gasteiger partial charge >= 0.3 is 6.09 Å². The first-order valence-electron chi connectivity index (χ1n) is 10.0. The van der Waals surface area contributed by atoms with Gasteiger partial charge in [0, 0.05) is 30.2 Å². The van der Waals surface area contributed by atoms with Crippen LogP contribution in [0.25, 0.3) is 0 Å². The van der Waals surface area contributed by atoms with Crippen LogP contribution in [0.4, 0.5) is 10.5 Å². The summed E-state index contributed by atoms with van der Waals surface area (Å²) in [7, 11) is 1.49. The monoisotopic (exact) mass is 461 g/mol. The zero-order valence-electron chi connectivity index (χ0n) is 18.6. The predicted molar refractivity (Wildman–Crippen MR) is 123 cm³/mol. The fraction of sp³-hybridized carbons (Fsp3) is 0.348. The Balaban J connectivity index is 1.79. The SMILES string of the molecule is COc1ccc(Cl)cc1C(=O)NCc1ccc(NC(=O)CCNC(=O)OC(C)(C)C)cc1. The maximum absolute atomic E-state index is 12.4. The van der Waals surface area contributed by atoms with Gasteiger partial charge in [0.1, 0.15) is 11.4 Å². The molecule has 0 aliphatic rings. The molecule has 0 aliphatic carbocycles. The van der Waals surface area contributed by atoms with Crippen LogP contribution in [-0.2, 0) is 16.1 Å². The second-order valence-corrected chi connectivity index (χ2v) is 8.39. The van der Waals surface area contributed by atoms with Crippen LogP contribution in [0.5, 0.6) is 5.75 Å². The van der Waals surface area contributed by atoms with E-state index < -0.39 is 11.7 Å². The lowest BCUT2D eigenvalue weighted by atomic mass is 10.1. The Kier molecular flexibility index (Phi) is 8.90. The van der Waals surface area contributed by atoms with E-state index in [0.29, 0.717) is 28.6 Å². The first-order valence-corrected chi connectivity index (χ1v) is 10.4. The van der Waals surface area contributed by atoms with Gasteiger partial charge in [0.25, 0.3) is 5.91 Å². The summed E-state index contributed by atoms with van der Waals surface area (Å²) < 4.78 is 10.3. The van der Waals surface area contributed by atoms with Crippen molar-refractivity contribution in [2.75, 3.05) is 19.0 Å². The molecule has 0 fully saturated rings. The maximum Gasteiger partial charge on any atom is 0.407 e. The van der Waals surface area contributed by atoms with Crippen LogP contribution < -0.4 is 20.7 Å². The summed E-state index contributed by atoms with van der Waals surface area (Å²) in [5.41, 5.74) is 1.22. The number of anilines is 1. The molecule has 0 heterocycles. The number of halogens is 1. The lowest BCUT2D eigenvalue weighted by Gasteiger charge is -2.19. The Hall–Kier alpha value is -3.26. The average molecular weight is 462 g/mol. The van der Waals surface area contributed by atoms with Crippen molar-refractivity contribution in [1.82, 2.24) is 10.6 Å². The minimum absolute atomic E-state index is 0.110. The van der Waals surface area contributed by atoms with Crippen LogP contribution in [0.3, 0.4) is 0 Å². The number of rotatable bonds is 8. The Labute approximate surface area is 192 Å². The van der Waals surface area contributed by atoms with Crippen LogP contribution >= 0.6 is 11.6 Å². The van der Waals surface area contributed by atoms with E-state index in [-0.39, 0.29) is 24.8 Å². The zero-order chi connectivity index (χ0) is 23.7. The van der Waals surface area contributed by atoms with Crippen molar-refractivity contribution in [2.45, 2.75) is 39.3 Å². The summed E-state index contributed by atoms with van der Waals surface area (Å²) in [6.07, 6.45) is -0.453. The summed E-state index contributed by atoms with van der Waals surface area (Å²) in [5, 5.41) is 8.55. The highest BCUT2D eigenvalue weighted by Crippen LogP contribution is 2.22. The number of carbonyl (C=O) groups is 3. The molecule has 0 saturated carbocycles. The molecule has 2 aromatic rings. The highest BCUT2D eigenvalue weighted by Gasteiger charge is 2.16. The molecule has 3 amide bonds. The quantitative estimate of drug-likeness (QED) is 0.548. The molecule has 2 rings (SSSR count). The van der Waals surface area contributed by atoms with Gasteiger partial charge in [0.15, 0.2) is 0 Å². The fourth-order valence-electron chi connectivity index (χ4n) is 2.66. The molecule has 8 nitrogen and oxygen atoms in total. The Morgan fingerprint density at radius 3 is 2.31 bits per heavy atom. The predicted octanol–water partition coefficient (Wildman–Crippen LogP) is 4.13.